The number of hydrogen-bond acceptors (Lipinski definition) is 8. The molecule has 0 saturated carbocycles. The fraction of sp³-hybridized carbons (Fsp3) is 0.360. The summed E-state index contributed by atoms with van der Waals surface area (Å²) >= 11 is 0. The number of likely N-dealkylation sites (N-methyl/N-ethyl adjacent to an activating group) is 1. The average Bonchev–Trinajstić information content (AvgIpc) is 2.87. The number of amidine groups is 1. The second kappa shape index (κ2) is 12.7. The van der Waals surface area contributed by atoms with E-state index in [4.69, 9.17) is 4.74 Å². The van der Waals surface area contributed by atoms with E-state index in [-0.39, 0.29) is 41.1 Å². The van der Waals surface area contributed by atoms with Gasteiger partial charge in [-0.05, 0) is 36.1 Å². The van der Waals surface area contributed by atoms with Crippen molar-refractivity contribution in [3.05, 3.63) is 53.4 Å². The Balaban J connectivity index is 2.65. The fourth-order valence-electron chi connectivity index (χ4n) is 3.50. The monoisotopic (exact) mass is 503 g/mol. The SMILES string of the molecule is CCN(C=O)/C(CO)=N\N(C)c1cc(/C(=C\N(C)c2cc(OC)ncc2F)C(C)C)c(C=O)cc1F. The first-order chi connectivity index (χ1) is 17.1. The molecule has 0 saturated heterocycles. The molecule has 0 aliphatic carbocycles. The fourth-order valence-corrected chi connectivity index (χ4v) is 3.50. The maximum atomic E-state index is 15.0. The molecule has 1 aromatic heterocycles. The zero-order chi connectivity index (χ0) is 27.0. The van der Waals surface area contributed by atoms with Crippen molar-refractivity contribution in [2.75, 3.05) is 44.3 Å². The third-order valence-electron chi connectivity index (χ3n) is 5.47. The Morgan fingerprint density at radius 3 is 2.39 bits per heavy atom. The lowest BCUT2D eigenvalue weighted by atomic mass is 9.91. The van der Waals surface area contributed by atoms with Gasteiger partial charge in [-0.15, -0.1) is 0 Å². The molecule has 9 nitrogen and oxygen atoms in total. The van der Waals surface area contributed by atoms with Gasteiger partial charge >= 0.3 is 0 Å². The van der Waals surface area contributed by atoms with Crippen molar-refractivity contribution >= 4 is 35.5 Å². The maximum absolute atomic E-state index is 15.0. The van der Waals surface area contributed by atoms with Gasteiger partial charge in [0.25, 0.3) is 0 Å². The van der Waals surface area contributed by atoms with Crippen LogP contribution in [0.5, 0.6) is 5.88 Å². The average molecular weight is 504 g/mol. The first kappa shape index (κ1) is 28.4. The number of carbonyl (C=O) groups is 2. The van der Waals surface area contributed by atoms with Crippen molar-refractivity contribution in [2.45, 2.75) is 20.8 Å². The highest BCUT2D eigenvalue weighted by molar-refractivity contribution is 5.92. The van der Waals surface area contributed by atoms with Crippen LogP contribution in [0.15, 0.2) is 35.7 Å². The molecule has 0 atom stereocenters. The number of methoxy groups -OCH3 is 1. The highest BCUT2D eigenvalue weighted by atomic mass is 19.1. The molecular formula is C25H31F2N5O4. The molecule has 0 aliphatic rings. The number of aromatic nitrogens is 1. The Hall–Kier alpha value is -3.86. The normalized spacial score (nSPS) is 11.9. The van der Waals surface area contributed by atoms with Gasteiger partial charge in [-0.3, -0.25) is 19.5 Å². The van der Waals surface area contributed by atoms with E-state index in [9.17, 15) is 23.5 Å². The van der Waals surface area contributed by atoms with E-state index < -0.39 is 18.2 Å². The molecule has 0 unspecified atom stereocenters. The second-order valence-corrected chi connectivity index (χ2v) is 8.13. The molecule has 1 heterocycles. The summed E-state index contributed by atoms with van der Waals surface area (Å²) in [7, 11) is 4.51. The molecule has 2 aromatic rings. The molecule has 0 radical (unpaired) electrons. The van der Waals surface area contributed by atoms with Gasteiger partial charge in [-0.25, -0.2) is 13.8 Å². The van der Waals surface area contributed by atoms with Crippen LogP contribution in [-0.2, 0) is 4.79 Å². The number of benzene rings is 1. The molecular weight excluding hydrogens is 472 g/mol. The maximum Gasteiger partial charge on any atom is 0.215 e. The van der Waals surface area contributed by atoms with Crippen molar-refractivity contribution in [1.82, 2.24) is 9.88 Å². The van der Waals surface area contributed by atoms with Gasteiger partial charge in [-0.1, -0.05) is 13.8 Å². The standard InChI is InChI=1S/C25H31F2N5O4/c1-7-32(15-35)24(14-34)29-31(5)23-9-18(17(13-33)8-20(23)26)19(16(2)3)12-30(4)22-10-25(36-6)28-11-21(22)27/h8-13,15-16,34H,7,14H2,1-6H3/b19-12-,29-24-. The van der Waals surface area contributed by atoms with Crippen molar-refractivity contribution in [3.63, 3.8) is 0 Å². The molecule has 194 valence electrons. The number of anilines is 2. The van der Waals surface area contributed by atoms with E-state index >= 15 is 0 Å². The summed E-state index contributed by atoms with van der Waals surface area (Å²) in [5.41, 5.74) is 1.34. The molecule has 1 aromatic carbocycles. The predicted octanol–water partition coefficient (Wildman–Crippen LogP) is 3.53. The minimum Gasteiger partial charge on any atom is -0.481 e. The summed E-state index contributed by atoms with van der Waals surface area (Å²) in [5, 5.41) is 15.0. The third-order valence-corrected chi connectivity index (χ3v) is 5.47. The van der Waals surface area contributed by atoms with Gasteiger partial charge in [-0.2, -0.15) is 5.10 Å². The summed E-state index contributed by atoms with van der Waals surface area (Å²) in [6, 6.07) is 3.98. The van der Waals surface area contributed by atoms with Crippen molar-refractivity contribution in [2.24, 2.45) is 11.0 Å². The Kier molecular flexibility index (Phi) is 10.0. The van der Waals surface area contributed by atoms with E-state index in [1.54, 1.807) is 20.2 Å². The summed E-state index contributed by atoms with van der Waals surface area (Å²) < 4.78 is 34.6. The molecule has 2 rings (SSSR count). The van der Waals surface area contributed by atoms with Gasteiger partial charge in [0.1, 0.15) is 12.4 Å². The van der Waals surface area contributed by atoms with Crippen LogP contribution in [-0.4, -0.2) is 67.9 Å². The Morgan fingerprint density at radius 1 is 1.17 bits per heavy atom. The number of aliphatic hydroxyl groups excluding tert-OH is 1. The van der Waals surface area contributed by atoms with Gasteiger partial charge in [0.2, 0.25) is 12.3 Å². The summed E-state index contributed by atoms with van der Waals surface area (Å²) in [6.07, 6.45) is 3.76. The van der Waals surface area contributed by atoms with Gasteiger partial charge in [0, 0.05) is 38.5 Å². The molecule has 0 fully saturated rings. The Morgan fingerprint density at radius 2 is 1.86 bits per heavy atom. The van der Waals surface area contributed by atoms with Crippen LogP contribution in [0, 0.1) is 17.6 Å². The zero-order valence-corrected chi connectivity index (χ0v) is 21.2. The van der Waals surface area contributed by atoms with Crippen LogP contribution in [0.25, 0.3) is 5.57 Å². The number of aliphatic hydroxyl groups is 1. The highest BCUT2D eigenvalue weighted by Gasteiger charge is 2.20. The lowest BCUT2D eigenvalue weighted by molar-refractivity contribution is -0.114. The van der Waals surface area contributed by atoms with Crippen molar-refractivity contribution < 1.29 is 28.2 Å². The van der Waals surface area contributed by atoms with E-state index in [2.05, 4.69) is 10.1 Å². The number of ether oxygens (including phenoxy) is 1. The predicted molar refractivity (Wildman–Crippen MR) is 135 cm³/mol. The van der Waals surface area contributed by atoms with Crippen LogP contribution in [0.1, 0.15) is 36.7 Å². The van der Waals surface area contributed by atoms with E-state index in [1.165, 1.54) is 41.1 Å². The smallest absolute Gasteiger partial charge is 0.215 e. The molecule has 0 spiro atoms. The van der Waals surface area contributed by atoms with Crippen molar-refractivity contribution in [3.8, 4) is 5.88 Å². The topological polar surface area (TPSA) is 98.6 Å². The number of allylic oxidation sites excluding steroid dienone is 1. The third kappa shape index (κ3) is 6.42. The van der Waals surface area contributed by atoms with Gasteiger partial charge < -0.3 is 14.7 Å². The number of rotatable bonds is 11. The largest absolute Gasteiger partial charge is 0.481 e. The lowest BCUT2D eigenvalue weighted by Crippen LogP contribution is -2.34. The van der Waals surface area contributed by atoms with Crippen LogP contribution in [0.3, 0.4) is 0 Å². The van der Waals surface area contributed by atoms with Crippen LogP contribution < -0.4 is 14.6 Å². The number of amides is 1. The van der Waals surface area contributed by atoms with E-state index in [0.717, 1.165) is 12.3 Å². The minimum absolute atomic E-state index is 0.00876. The molecule has 1 amide bonds. The van der Waals surface area contributed by atoms with Crippen LogP contribution in [0.4, 0.5) is 20.2 Å². The molecule has 0 bridgehead atoms. The number of hydrazone groups is 1. The Bertz CT molecular complexity index is 1150. The van der Waals surface area contributed by atoms with E-state index in [1.807, 2.05) is 13.8 Å². The molecule has 0 aliphatic heterocycles. The molecule has 36 heavy (non-hydrogen) atoms. The van der Waals surface area contributed by atoms with Gasteiger partial charge in [0.05, 0.1) is 24.7 Å². The number of carbonyl (C=O) groups excluding carboxylic acids is 2. The highest BCUT2D eigenvalue weighted by Crippen LogP contribution is 2.33. The number of halogens is 2. The molecule has 11 heteroatoms. The minimum atomic E-state index is -0.722. The number of aldehydes is 1. The first-order valence-corrected chi connectivity index (χ1v) is 11.2. The zero-order valence-electron chi connectivity index (χ0n) is 21.2. The number of pyridine rings is 1. The van der Waals surface area contributed by atoms with Crippen LogP contribution in [0.2, 0.25) is 0 Å². The second-order valence-electron chi connectivity index (χ2n) is 8.13. The molecule has 1 N–H and O–H groups in total. The summed E-state index contributed by atoms with van der Waals surface area (Å²) in [5.74, 6) is -1.19. The summed E-state index contributed by atoms with van der Waals surface area (Å²) in [6.45, 7) is 5.19. The first-order valence-electron chi connectivity index (χ1n) is 11.2. The van der Waals surface area contributed by atoms with E-state index in [0.29, 0.717) is 23.8 Å². The quantitative estimate of drug-likeness (QED) is 0.217. The number of hydrogen-bond donors (Lipinski definition) is 1. The summed E-state index contributed by atoms with van der Waals surface area (Å²) in [4.78, 5) is 29.7. The number of nitrogens with zero attached hydrogens (tertiary/aromatic N) is 5. The van der Waals surface area contributed by atoms with Crippen LogP contribution >= 0.6 is 0 Å². The van der Waals surface area contributed by atoms with Crippen molar-refractivity contribution in [1.29, 1.82) is 0 Å². The Labute approximate surface area is 209 Å². The van der Waals surface area contributed by atoms with Gasteiger partial charge in [0.15, 0.2) is 17.9 Å². The lowest BCUT2D eigenvalue weighted by Gasteiger charge is -2.24.